The number of benzene rings is 2. The summed E-state index contributed by atoms with van der Waals surface area (Å²) in [4.78, 5) is 28.3. The predicted molar refractivity (Wildman–Crippen MR) is 109 cm³/mol. The number of hydrogen-bond acceptors (Lipinski definition) is 8. The van der Waals surface area contributed by atoms with Gasteiger partial charge in [0.25, 0.3) is 11.7 Å². The number of hydrogen-bond donors (Lipinski definition) is 2. The number of ketones is 1. The second-order valence-electron chi connectivity index (χ2n) is 6.65. The maximum atomic E-state index is 12.7. The van der Waals surface area contributed by atoms with E-state index in [-0.39, 0.29) is 36.2 Å². The lowest BCUT2D eigenvalue weighted by molar-refractivity contribution is -0.142. The van der Waals surface area contributed by atoms with E-state index >= 15 is 0 Å². The van der Waals surface area contributed by atoms with E-state index in [4.69, 9.17) is 14.6 Å². The van der Waals surface area contributed by atoms with Crippen molar-refractivity contribution in [2.75, 3.05) is 6.61 Å². The quantitative estimate of drug-likeness (QED) is 0.414. The van der Waals surface area contributed by atoms with E-state index in [1.807, 2.05) is 48.5 Å². The van der Waals surface area contributed by atoms with Crippen LogP contribution in [0.25, 0.3) is 21.3 Å². The van der Waals surface area contributed by atoms with Gasteiger partial charge in [-0.25, -0.2) is 4.98 Å². The van der Waals surface area contributed by atoms with E-state index in [0.29, 0.717) is 5.52 Å². The second kappa shape index (κ2) is 8.52. The summed E-state index contributed by atoms with van der Waals surface area (Å²) < 4.78 is 6.22. The molecular formula is C21H17N3O5S. The molecule has 0 fully saturated rings. The third kappa shape index (κ3) is 4.12. The van der Waals surface area contributed by atoms with Crippen LogP contribution in [0.3, 0.4) is 0 Å². The SMILES string of the molecule is O=C(c1nnc(C[C@H](CCO)C(=O)O)o1)c1nc2ccc(-c3ccccc3)cc2s1. The van der Waals surface area contributed by atoms with Crippen molar-refractivity contribution < 1.29 is 24.2 Å². The Morgan fingerprint density at radius 1 is 1.07 bits per heavy atom. The lowest BCUT2D eigenvalue weighted by atomic mass is 10.0. The van der Waals surface area contributed by atoms with Gasteiger partial charge in [-0.05, 0) is 29.7 Å². The standard InChI is InChI=1S/C21H17N3O5S/c25-9-8-14(21(27)28)11-17-23-24-19(29-17)18(26)20-22-15-7-6-13(10-16(15)30-20)12-4-2-1-3-5-12/h1-7,10,14,25H,8-9,11H2,(H,27,28)/t14-/m0/s1. The van der Waals surface area contributed by atoms with Crippen LogP contribution in [0.2, 0.25) is 0 Å². The molecule has 8 nitrogen and oxygen atoms in total. The van der Waals surface area contributed by atoms with Crippen LogP contribution in [0.15, 0.2) is 52.9 Å². The molecule has 0 aliphatic heterocycles. The molecule has 0 saturated heterocycles. The van der Waals surface area contributed by atoms with Crippen molar-refractivity contribution in [1.82, 2.24) is 15.2 Å². The molecule has 2 aromatic carbocycles. The number of carbonyl (C=O) groups excluding carboxylic acids is 1. The van der Waals surface area contributed by atoms with Gasteiger partial charge in [0.2, 0.25) is 5.89 Å². The number of thiazole rings is 1. The number of carboxylic acid groups (broad SMARTS) is 1. The molecule has 0 saturated carbocycles. The molecule has 30 heavy (non-hydrogen) atoms. The summed E-state index contributed by atoms with van der Waals surface area (Å²) in [5.74, 6) is -2.65. The summed E-state index contributed by atoms with van der Waals surface area (Å²) in [5.41, 5.74) is 2.78. The van der Waals surface area contributed by atoms with Gasteiger partial charge in [-0.1, -0.05) is 36.4 Å². The first-order valence-electron chi connectivity index (χ1n) is 9.22. The van der Waals surface area contributed by atoms with E-state index in [0.717, 1.165) is 15.8 Å². The Morgan fingerprint density at radius 2 is 1.87 bits per heavy atom. The zero-order valence-corrected chi connectivity index (χ0v) is 16.5. The molecule has 2 aromatic heterocycles. The molecule has 0 aliphatic carbocycles. The van der Waals surface area contributed by atoms with Crippen molar-refractivity contribution in [3.63, 3.8) is 0 Å². The number of aliphatic carboxylic acids is 1. The van der Waals surface area contributed by atoms with E-state index < -0.39 is 17.7 Å². The Kier molecular flexibility index (Phi) is 5.64. The fourth-order valence-electron chi connectivity index (χ4n) is 3.03. The molecule has 4 rings (SSSR count). The summed E-state index contributed by atoms with van der Waals surface area (Å²) in [6, 6.07) is 15.7. The first-order chi connectivity index (χ1) is 14.5. The summed E-state index contributed by atoms with van der Waals surface area (Å²) in [5, 5.41) is 25.9. The minimum absolute atomic E-state index is 0.0340. The number of aromatic nitrogens is 3. The zero-order chi connectivity index (χ0) is 21.1. The van der Waals surface area contributed by atoms with E-state index in [1.165, 1.54) is 11.3 Å². The minimum Gasteiger partial charge on any atom is -0.481 e. The average Bonchev–Trinajstić information content (AvgIpc) is 3.40. The number of nitrogens with zero attached hydrogens (tertiary/aromatic N) is 3. The molecule has 0 aliphatic rings. The Hall–Kier alpha value is -3.43. The molecule has 1 atom stereocenters. The van der Waals surface area contributed by atoms with Gasteiger partial charge in [-0.3, -0.25) is 9.59 Å². The van der Waals surface area contributed by atoms with E-state index in [2.05, 4.69) is 15.2 Å². The van der Waals surface area contributed by atoms with Gasteiger partial charge in [0, 0.05) is 13.0 Å². The Labute approximate surface area is 174 Å². The highest BCUT2D eigenvalue weighted by molar-refractivity contribution is 7.20. The number of carboxylic acids is 1. The molecule has 0 spiro atoms. The van der Waals surface area contributed by atoms with Gasteiger partial charge in [0.1, 0.15) is 0 Å². The van der Waals surface area contributed by atoms with Crippen molar-refractivity contribution in [3.05, 3.63) is 65.3 Å². The molecule has 152 valence electrons. The van der Waals surface area contributed by atoms with Crippen molar-refractivity contribution in [2.24, 2.45) is 5.92 Å². The van der Waals surface area contributed by atoms with Crippen molar-refractivity contribution in [3.8, 4) is 11.1 Å². The van der Waals surface area contributed by atoms with Crippen LogP contribution in [0.1, 0.15) is 28.0 Å². The lowest BCUT2D eigenvalue weighted by Crippen LogP contribution is -2.18. The first kappa shape index (κ1) is 19.9. The third-order valence-electron chi connectivity index (χ3n) is 4.60. The fraction of sp³-hybridized carbons (Fsp3) is 0.190. The summed E-state index contributed by atoms with van der Waals surface area (Å²) in [6.07, 6.45) is -0.000929. The Balaban J connectivity index is 1.56. The van der Waals surface area contributed by atoms with Crippen LogP contribution in [0.4, 0.5) is 0 Å². The smallest absolute Gasteiger partial charge is 0.307 e. The third-order valence-corrected chi connectivity index (χ3v) is 5.62. The van der Waals surface area contributed by atoms with Gasteiger partial charge >= 0.3 is 5.97 Å². The van der Waals surface area contributed by atoms with Gasteiger partial charge < -0.3 is 14.6 Å². The Morgan fingerprint density at radius 3 is 2.60 bits per heavy atom. The first-order valence-corrected chi connectivity index (χ1v) is 10.0. The van der Waals surface area contributed by atoms with Gasteiger partial charge in [0.15, 0.2) is 5.01 Å². The van der Waals surface area contributed by atoms with Crippen molar-refractivity contribution in [2.45, 2.75) is 12.8 Å². The van der Waals surface area contributed by atoms with Crippen LogP contribution in [-0.2, 0) is 11.2 Å². The van der Waals surface area contributed by atoms with E-state index in [9.17, 15) is 9.59 Å². The second-order valence-corrected chi connectivity index (χ2v) is 7.68. The van der Waals surface area contributed by atoms with Crippen molar-refractivity contribution >= 4 is 33.3 Å². The van der Waals surface area contributed by atoms with Crippen LogP contribution in [0.5, 0.6) is 0 Å². The zero-order valence-electron chi connectivity index (χ0n) is 15.7. The monoisotopic (exact) mass is 423 g/mol. The van der Waals surface area contributed by atoms with Crippen LogP contribution >= 0.6 is 11.3 Å². The molecule has 0 radical (unpaired) electrons. The van der Waals surface area contributed by atoms with Gasteiger partial charge in [-0.15, -0.1) is 21.5 Å². The molecule has 0 bridgehead atoms. The number of aliphatic hydroxyl groups is 1. The van der Waals surface area contributed by atoms with Crippen LogP contribution < -0.4 is 0 Å². The number of carbonyl (C=O) groups is 2. The van der Waals surface area contributed by atoms with Gasteiger partial charge in [-0.2, -0.15) is 0 Å². The van der Waals surface area contributed by atoms with Crippen LogP contribution in [-0.4, -0.2) is 43.8 Å². The normalized spacial score (nSPS) is 12.2. The van der Waals surface area contributed by atoms with Crippen LogP contribution in [0, 0.1) is 5.92 Å². The largest absolute Gasteiger partial charge is 0.481 e. The number of fused-ring (bicyclic) bond motifs is 1. The maximum absolute atomic E-state index is 12.7. The molecule has 4 aromatic rings. The minimum atomic E-state index is -1.07. The molecule has 9 heteroatoms. The maximum Gasteiger partial charge on any atom is 0.307 e. The highest BCUT2D eigenvalue weighted by Crippen LogP contribution is 2.29. The molecule has 0 unspecified atom stereocenters. The highest BCUT2D eigenvalue weighted by Gasteiger charge is 2.24. The molecule has 0 amide bonds. The Bertz CT molecular complexity index is 1200. The summed E-state index contributed by atoms with van der Waals surface area (Å²) in [7, 11) is 0. The highest BCUT2D eigenvalue weighted by atomic mass is 32.1. The van der Waals surface area contributed by atoms with Crippen molar-refractivity contribution in [1.29, 1.82) is 0 Å². The fourth-order valence-corrected chi connectivity index (χ4v) is 3.97. The molecule has 2 N–H and O–H groups in total. The summed E-state index contributed by atoms with van der Waals surface area (Å²) >= 11 is 1.23. The van der Waals surface area contributed by atoms with E-state index in [1.54, 1.807) is 0 Å². The summed E-state index contributed by atoms with van der Waals surface area (Å²) in [6.45, 7) is -0.270. The van der Waals surface area contributed by atoms with Gasteiger partial charge in [0.05, 0.1) is 16.1 Å². The average molecular weight is 423 g/mol. The lowest BCUT2D eigenvalue weighted by Gasteiger charge is -2.06. The topological polar surface area (TPSA) is 126 Å². The molecule has 2 heterocycles. The molecular weight excluding hydrogens is 406 g/mol. The number of aliphatic hydroxyl groups excluding tert-OH is 1. The predicted octanol–water partition coefficient (Wildman–Crippen LogP) is 3.20. The number of rotatable bonds is 8.